The highest BCUT2D eigenvalue weighted by molar-refractivity contribution is 5.86. The Hall–Kier alpha value is -2.52. The van der Waals surface area contributed by atoms with E-state index in [1.54, 1.807) is 19.1 Å². The van der Waals surface area contributed by atoms with Crippen LogP contribution < -0.4 is 20.1 Å². The summed E-state index contributed by atoms with van der Waals surface area (Å²) in [7, 11) is 3.15. The van der Waals surface area contributed by atoms with Crippen molar-refractivity contribution in [3.63, 3.8) is 0 Å². The zero-order chi connectivity index (χ0) is 25.9. The molecule has 37 heavy (non-hydrogen) atoms. The number of ether oxygens (including phenoxy) is 2. The number of nitrogens with zero attached hydrogens (tertiary/aromatic N) is 1. The molecule has 208 valence electrons. The topological polar surface area (TPSA) is 117 Å². The number of aryl methyl sites for hydroxylation is 1. The first-order valence-corrected chi connectivity index (χ1v) is 13.1. The first-order valence-electron chi connectivity index (χ1n) is 13.1. The van der Waals surface area contributed by atoms with Gasteiger partial charge in [0.2, 0.25) is 11.8 Å². The molecule has 0 saturated carbocycles. The summed E-state index contributed by atoms with van der Waals surface area (Å²) in [4.78, 5) is 39.3. The molecule has 0 radical (unpaired) electrons. The van der Waals surface area contributed by atoms with Crippen LogP contribution >= 0.6 is 12.4 Å². The van der Waals surface area contributed by atoms with E-state index in [9.17, 15) is 19.5 Å². The van der Waals surface area contributed by atoms with E-state index in [0.717, 1.165) is 44.3 Å². The van der Waals surface area contributed by atoms with E-state index in [0.29, 0.717) is 62.6 Å². The summed E-state index contributed by atoms with van der Waals surface area (Å²) in [5.74, 6) is 0.290. The molecule has 3 N–H and O–H groups in total. The monoisotopic (exact) mass is 539 g/mol. The van der Waals surface area contributed by atoms with Crippen LogP contribution in [0.3, 0.4) is 0 Å². The Kier molecular flexibility index (Phi) is 13.0. The summed E-state index contributed by atoms with van der Waals surface area (Å²) < 4.78 is 10.6. The lowest BCUT2D eigenvalue weighted by Crippen LogP contribution is -2.49. The second-order valence-corrected chi connectivity index (χ2v) is 9.89. The lowest BCUT2D eigenvalue weighted by Gasteiger charge is -2.33. The third-order valence-electron chi connectivity index (χ3n) is 7.39. The molecular formula is C27H42ClN3O6. The number of carboxylic acid groups (broad SMARTS) is 1. The second-order valence-electron chi connectivity index (χ2n) is 9.89. The summed E-state index contributed by atoms with van der Waals surface area (Å²) >= 11 is 0. The molecule has 3 rings (SSSR count). The van der Waals surface area contributed by atoms with Crippen LogP contribution in [-0.2, 0) is 20.8 Å². The number of piperidine rings is 2. The predicted molar refractivity (Wildman–Crippen MR) is 143 cm³/mol. The number of rotatable bonds is 12. The molecule has 2 fully saturated rings. The molecule has 0 aromatic heterocycles. The van der Waals surface area contributed by atoms with Crippen molar-refractivity contribution in [1.29, 1.82) is 0 Å². The average Bonchev–Trinajstić information content (AvgIpc) is 2.91. The summed E-state index contributed by atoms with van der Waals surface area (Å²) in [5.41, 5.74) is 1.01. The van der Waals surface area contributed by atoms with E-state index < -0.39 is 12.0 Å². The van der Waals surface area contributed by atoms with Crippen molar-refractivity contribution in [2.45, 2.75) is 63.8 Å². The van der Waals surface area contributed by atoms with Crippen molar-refractivity contribution < 1.29 is 29.0 Å². The second kappa shape index (κ2) is 15.7. The van der Waals surface area contributed by atoms with Crippen LogP contribution in [0.5, 0.6) is 11.5 Å². The molecule has 10 heteroatoms. The number of halogens is 1. The maximum absolute atomic E-state index is 12.9. The number of carbonyl (C=O) groups excluding carboxylic acids is 2. The van der Waals surface area contributed by atoms with Crippen molar-refractivity contribution in [1.82, 2.24) is 15.5 Å². The lowest BCUT2D eigenvalue weighted by molar-refractivity contribution is -0.144. The highest BCUT2D eigenvalue weighted by Gasteiger charge is 2.31. The van der Waals surface area contributed by atoms with E-state index in [4.69, 9.17) is 9.47 Å². The van der Waals surface area contributed by atoms with Crippen LogP contribution in [0.2, 0.25) is 0 Å². The Labute approximate surface area is 226 Å². The largest absolute Gasteiger partial charge is 0.493 e. The summed E-state index contributed by atoms with van der Waals surface area (Å²) in [5, 5.41) is 15.8. The summed E-state index contributed by atoms with van der Waals surface area (Å²) in [6.45, 7) is 3.07. The third-order valence-corrected chi connectivity index (χ3v) is 7.39. The number of hydrogen-bond acceptors (Lipinski definition) is 6. The highest BCUT2D eigenvalue weighted by Crippen LogP contribution is 2.28. The van der Waals surface area contributed by atoms with Crippen molar-refractivity contribution in [3.05, 3.63) is 23.8 Å². The molecule has 0 bridgehead atoms. The predicted octanol–water partition coefficient (Wildman–Crippen LogP) is 3.04. The third kappa shape index (κ3) is 9.38. The lowest BCUT2D eigenvalue weighted by atomic mass is 9.92. The molecule has 2 saturated heterocycles. The van der Waals surface area contributed by atoms with E-state index in [2.05, 4.69) is 10.6 Å². The molecule has 0 spiro atoms. The fraction of sp³-hybridized carbons (Fsp3) is 0.667. The first-order chi connectivity index (χ1) is 17.4. The van der Waals surface area contributed by atoms with Crippen molar-refractivity contribution in [2.24, 2.45) is 11.8 Å². The Bertz CT molecular complexity index is 893. The Morgan fingerprint density at radius 1 is 1.14 bits per heavy atom. The molecular weight excluding hydrogens is 498 g/mol. The average molecular weight is 540 g/mol. The molecule has 9 nitrogen and oxygen atoms in total. The number of amides is 2. The number of aliphatic carboxylic acids is 1. The van der Waals surface area contributed by atoms with Gasteiger partial charge in [0, 0.05) is 19.5 Å². The maximum Gasteiger partial charge on any atom is 0.326 e. The normalized spacial score (nSPS) is 18.9. The summed E-state index contributed by atoms with van der Waals surface area (Å²) in [6.07, 6.45) is 6.64. The maximum atomic E-state index is 12.9. The molecule has 2 atom stereocenters. The zero-order valence-corrected chi connectivity index (χ0v) is 22.8. The molecule has 1 aromatic rings. The number of carbonyl (C=O) groups is 3. The molecule has 0 aliphatic carbocycles. The number of benzene rings is 1. The van der Waals surface area contributed by atoms with E-state index in [1.807, 2.05) is 18.2 Å². The van der Waals surface area contributed by atoms with Gasteiger partial charge in [-0.2, -0.15) is 0 Å². The van der Waals surface area contributed by atoms with Gasteiger partial charge < -0.3 is 30.1 Å². The molecule has 2 aliphatic rings. The van der Waals surface area contributed by atoms with E-state index in [1.165, 1.54) is 0 Å². The minimum Gasteiger partial charge on any atom is -0.493 e. The van der Waals surface area contributed by atoms with Crippen molar-refractivity contribution in [2.75, 3.05) is 40.4 Å². The number of carboxylic acids is 1. The van der Waals surface area contributed by atoms with Crippen molar-refractivity contribution in [3.8, 4) is 11.5 Å². The first kappa shape index (κ1) is 30.7. The molecule has 0 unspecified atom stereocenters. The number of methoxy groups -OCH3 is 2. The SMILES string of the molecule is COc1ccc(CCC[C@H](NC(=O)[C@@H]2CCCN(C(=O)CCC3CCNCC3)C2)C(=O)O)cc1OC.Cl. The van der Waals surface area contributed by atoms with Gasteiger partial charge in [0.1, 0.15) is 6.04 Å². The number of nitrogens with one attached hydrogen (secondary N) is 2. The fourth-order valence-corrected chi connectivity index (χ4v) is 5.17. The Balaban J connectivity index is 0.00000481. The van der Waals surface area contributed by atoms with Gasteiger partial charge in [0.05, 0.1) is 20.1 Å². The van der Waals surface area contributed by atoms with Crippen LogP contribution in [-0.4, -0.2) is 74.2 Å². The molecule has 1 aromatic carbocycles. The summed E-state index contributed by atoms with van der Waals surface area (Å²) in [6, 6.07) is 4.68. The van der Waals surface area contributed by atoms with Crippen LogP contribution in [0.25, 0.3) is 0 Å². The van der Waals surface area contributed by atoms with Gasteiger partial charge in [-0.3, -0.25) is 9.59 Å². The standard InChI is InChI=1S/C27H41N3O6.ClH/c1-35-23-10-8-20(17-24(23)36-2)5-3-7-22(27(33)34)29-26(32)21-6-4-16-30(18-21)25(31)11-9-19-12-14-28-15-13-19;/h8,10,17,19,21-22,28H,3-7,9,11-16,18H2,1-2H3,(H,29,32)(H,33,34);1H/t21-,22+;/m1./s1. The van der Waals surface area contributed by atoms with Gasteiger partial charge in [-0.05, 0) is 88.1 Å². The Morgan fingerprint density at radius 3 is 2.54 bits per heavy atom. The number of hydrogen-bond donors (Lipinski definition) is 3. The van der Waals surface area contributed by atoms with Crippen LogP contribution in [0.15, 0.2) is 18.2 Å². The van der Waals surface area contributed by atoms with E-state index >= 15 is 0 Å². The van der Waals surface area contributed by atoms with Crippen molar-refractivity contribution >= 4 is 30.2 Å². The van der Waals surface area contributed by atoms with Crippen LogP contribution in [0, 0.1) is 11.8 Å². The van der Waals surface area contributed by atoms with Gasteiger partial charge in [0.25, 0.3) is 0 Å². The fourth-order valence-electron chi connectivity index (χ4n) is 5.17. The van der Waals surface area contributed by atoms with Gasteiger partial charge in [-0.25, -0.2) is 4.79 Å². The minimum atomic E-state index is -1.04. The number of likely N-dealkylation sites (tertiary alicyclic amines) is 1. The van der Waals surface area contributed by atoms with Gasteiger partial charge in [0.15, 0.2) is 11.5 Å². The van der Waals surface area contributed by atoms with Gasteiger partial charge in [-0.1, -0.05) is 6.07 Å². The smallest absolute Gasteiger partial charge is 0.326 e. The zero-order valence-electron chi connectivity index (χ0n) is 22.0. The Morgan fingerprint density at radius 2 is 1.86 bits per heavy atom. The van der Waals surface area contributed by atoms with Gasteiger partial charge >= 0.3 is 5.97 Å². The van der Waals surface area contributed by atoms with Crippen LogP contribution in [0.4, 0.5) is 0 Å². The molecule has 2 heterocycles. The van der Waals surface area contributed by atoms with Gasteiger partial charge in [-0.15, -0.1) is 12.4 Å². The highest BCUT2D eigenvalue weighted by atomic mass is 35.5. The van der Waals surface area contributed by atoms with Crippen LogP contribution in [0.1, 0.15) is 56.9 Å². The minimum absolute atomic E-state index is 0. The molecule has 2 aliphatic heterocycles. The van der Waals surface area contributed by atoms with E-state index in [-0.39, 0.29) is 30.1 Å². The quantitative estimate of drug-likeness (QED) is 0.374. The molecule has 2 amide bonds.